The van der Waals surface area contributed by atoms with Crippen LogP contribution in [0.3, 0.4) is 0 Å². The summed E-state index contributed by atoms with van der Waals surface area (Å²) in [5, 5.41) is 15.6. The second-order valence-electron chi connectivity index (χ2n) is 9.39. The van der Waals surface area contributed by atoms with Crippen molar-refractivity contribution in [3.63, 3.8) is 0 Å². The fraction of sp³-hybridized carbons (Fsp3) is 0.333. The summed E-state index contributed by atoms with van der Waals surface area (Å²) >= 11 is 0. The van der Waals surface area contributed by atoms with Crippen LogP contribution in [0.5, 0.6) is 0 Å². The number of aromatic nitrogens is 4. The van der Waals surface area contributed by atoms with Crippen LogP contribution in [0, 0.1) is 5.82 Å². The average Bonchev–Trinajstić information content (AvgIpc) is 3.69. The van der Waals surface area contributed by atoms with E-state index in [2.05, 4.69) is 15.1 Å². The van der Waals surface area contributed by atoms with Crippen molar-refractivity contribution < 1.29 is 19.0 Å². The molecule has 1 atom stereocenters. The van der Waals surface area contributed by atoms with Gasteiger partial charge in [-0.1, -0.05) is 12.1 Å². The van der Waals surface area contributed by atoms with Crippen molar-refractivity contribution in [1.29, 1.82) is 0 Å². The molecule has 0 radical (unpaired) electrons. The first-order valence-electron chi connectivity index (χ1n) is 12.2. The molecule has 1 N–H and O–H groups in total. The van der Waals surface area contributed by atoms with Gasteiger partial charge in [0.05, 0.1) is 30.5 Å². The Morgan fingerprint density at radius 3 is 2.56 bits per heavy atom. The maximum absolute atomic E-state index is 14.6. The molecule has 6 rings (SSSR count). The lowest BCUT2D eigenvalue weighted by atomic mass is 10.0. The Morgan fingerprint density at radius 1 is 1.11 bits per heavy atom. The molecule has 1 saturated heterocycles. The fourth-order valence-electron chi connectivity index (χ4n) is 4.69. The molecule has 2 fully saturated rings. The molecule has 1 aliphatic carbocycles. The standard InChI is InChI=1S/C27H26FN5O3/c1-16(34)25-21-6-4-19(26(35)32-8-10-36-11-9-32)13-24(21)33(31-25)27-29-14-20(15-30-27)22-12-18(17-2-3-17)5-7-23(22)28/h4-7,12-17,34H,2-3,8-11H2,1H3. The molecular weight excluding hydrogens is 461 g/mol. The topological polar surface area (TPSA) is 93.4 Å². The van der Waals surface area contributed by atoms with Gasteiger partial charge in [-0.05, 0) is 55.5 Å². The number of hydrogen-bond donors (Lipinski definition) is 1. The summed E-state index contributed by atoms with van der Waals surface area (Å²) in [6, 6.07) is 10.5. The smallest absolute Gasteiger partial charge is 0.254 e. The van der Waals surface area contributed by atoms with Crippen LogP contribution in [-0.4, -0.2) is 62.0 Å². The zero-order valence-electron chi connectivity index (χ0n) is 19.9. The highest BCUT2D eigenvalue weighted by atomic mass is 19.1. The molecule has 1 unspecified atom stereocenters. The Hall–Kier alpha value is -3.69. The Kier molecular flexibility index (Phi) is 5.73. The second kappa shape index (κ2) is 9.07. The summed E-state index contributed by atoms with van der Waals surface area (Å²) in [4.78, 5) is 23.8. The Morgan fingerprint density at radius 2 is 1.86 bits per heavy atom. The first-order chi connectivity index (χ1) is 17.5. The number of ether oxygens (including phenoxy) is 1. The van der Waals surface area contributed by atoms with Gasteiger partial charge in [0.25, 0.3) is 11.9 Å². The van der Waals surface area contributed by atoms with Crippen LogP contribution >= 0.6 is 0 Å². The van der Waals surface area contributed by atoms with Crippen molar-refractivity contribution in [2.24, 2.45) is 0 Å². The molecule has 36 heavy (non-hydrogen) atoms. The molecule has 3 heterocycles. The molecule has 2 aromatic carbocycles. The highest BCUT2D eigenvalue weighted by molar-refractivity contribution is 5.98. The molecule has 9 heteroatoms. The van der Waals surface area contributed by atoms with Crippen LogP contribution in [-0.2, 0) is 4.74 Å². The zero-order chi connectivity index (χ0) is 24.8. The number of rotatable bonds is 5. The van der Waals surface area contributed by atoms with Gasteiger partial charge in [0.2, 0.25) is 0 Å². The van der Waals surface area contributed by atoms with Crippen LogP contribution < -0.4 is 0 Å². The highest BCUT2D eigenvalue weighted by Gasteiger charge is 2.25. The van der Waals surface area contributed by atoms with Crippen LogP contribution in [0.4, 0.5) is 4.39 Å². The van der Waals surface area contributed by atoms with E-state index in [0.29, 0.717) is 65.5 Å². The maximum atomic E-state index is 14.6. The van der Waals surface area contributed by atoms with E-state index in [1.54, 1.807) is 42.4 Å². The molecule has 184 valence electrons. The predicted molar refractivity (Wildman–Crippen MR) is 131 cm³/mol. The zero-order valence-corrected chi connectivity index (χ0v) is 19.9. The third-order valence-corrected chi connectivity index (χ3v) is 6.83. The van der Waals surface area contributed by atoms with Crippen LogP contribution in [0.2, 0.25) is 0 Å². The van der Waals surface area contributed by atoms with Gasteiger partial charge in [-0.15, -0.1) is 0 Å². The van der Waals surface area contributed by atoms with Gasteiger partial charge < -0.3 is 14.7 Å². The van der Waals surface area contributed by atoms with E-state index < -0.39 is 6.10 Å². The van der Waals surface area contributed by atoms with Crippen molar-refractivity contribution in [2.75, 3.05) is 26.3 Å². The number of carbonyl (C=O) groups is 1. The number of morpholine rings is 1. The molecule has 2 aliphatic rings. The Labute approximate surface area is 207 Å². The molecule has 1 amide bonds. The summed E-state index contributed by atoms with van der Waals surface area (Å²) in [6.45, 7) is 3.75. The fourth-order valence-corrected chi connectivity index (χ4v) is 4.69. The minimum absolute atomic E-state index is 0.0890. The summed E-state index contributed by atoms with van der Waals surface area (Å²) < 4.78 is 21.5. The van der Waals surface area contributed by atoms with Gasteiger partial charge in [-0.2, -0.15) is 9.78 Å². The molecule has 1 saturated carbocycles. The normalized spacial score (nSPS) is 16.9. The van der Waals surface area contributed by atoms with Gasteiger partial charge in [0.15, 0.2) is 0 Å². The number of nitrogens with zero attached hydrogens (tertiary/aromatic N) is 5. The lowest BCUT2D eigenvalue weighted by molar-refractivity contribution is 0.0303. The number of halogens is 1. The molecule has 2 aromatic heterocycles. The largest absolute Gasteiger partial charge is 0.387 e. The van der Waals surface area contributed by atoms with E-state index in [-0.39, 0.29) is 17.7 Å². The number of carbonyl (C=O) groups excluding carboxylic acids is 1. The molecular formula is C27H26FN5O3. The second-order valence-corrected chi connectivity index (χ2v) is 9.39. The Balaban J connectivity index is 1.38. The van der Waals surface area contributed by atoms with E-state index in [1.165, 1.54) is 10.7 Å². The summed E-state index contributed by atoms with van der Waals surface area (Å²) in [6.07, 6.45) is 4.60. The number of aliphatic hydroxyl groups is 1. The lowest BCUT2D eigenvalue weighted by Crippen LogP contribution is -2.40. The van der Waals surface area contributed by atoms with Crippen molar-refractivity contribution in [3.05, 3.63) is 71.4 Å². The van der Waals surface area contributed by atoms with Crippen LogP contribution in [0.15, 0.2) is 48.8 Å². The van der Waals surface area contributed by atoms with Gasteiger partial charge in [-0.25, -0.2) is 14.4 Å². The van der Waals surface area contributed by atoms with Crippen LogP contribution in [0.1, 0.15) is 53.4 Å². The number of aliphatic hydroxyl groups excluding tert-OH is 1. The van der Waals surface area contributed by atoms with Crippen molar-refractivity contribution in [3.8, 4) is 17.1 Å². The summed E-state index contributed by atoms with van der Waals surface area (Å²) in [5.41, 5.74) is 3.77. The monoisotopic (exact) mass is 487 g/mol. The Bertz CT molecular complexity index is 1440. The summed E-state index contributed by atoms with van der Waals surface area (Å²) in [7, 11) is 0. The molecule has 1 aliphatic heterocycles. The number of fused-ring (bicyclic) bond motifs is 1. The quantitative estimate of drug-likeness (QED) is 0.457. The van der Waals surface area contributed by atoms with Crippen molar-refractivity contribution in [1.82, 2.24) is 24.6 Å². The van der Waals surface area contributed by atoms with Gasteiger partial charge in [0, 0.05) is 47.6 Å². The third kappa shape index (κ3) is 4.14. The first kappa shape index (κ1) is 22.8. The van der Waals surface area contributed by atoms with Crippen LogP contribution in [0.25, 0.3) is 28.0 Å². The number of benzene rings is 2. The van der Waals surface area contributed by atoms with E-state index in [0.717, 1.165) is 18.4 Å². The molecule has 8 nitrogen and oxygen atoms in total. The average molecular weight is 488 g/mol. The van der Waals surface area contributed by atoms with E-state index in [4.69, 9.17) is 4.74 Å². The highest BCUT2D eigenvalue weighted by Crippen LogP contribution is 2.41. The molecule has 4 aromatic rings. The van der Waals surface area contributed by atoms with E-state index in [9.17, 15) is 14.3 Å². The molecule has 0 bridgehead atoms. The lowest BCUT2D eigenvalue weighted by Gasteiger charge is -2.26. The van der Waals surface area contributed by atoms with Gasteiger partial charge in [-0.3, -0.25) is 4.79 Å². The minimum atomic E-state index is -0.826. The molecule has 0 spiro atoms. The van der Waals surface area contributed by atoms with E-state index in [1.807, 2.05) is 12.1 Å². The van der Waals surface area contributed by atoms with Gasteiger partial charge >= 0.3 is 0 Å². The first-order valence-corrected chi connectivity index (χ1v) is 12.2. The number of hydrogen-bond acceptors (Lipinski definition) is 6. The summed E-state index contributed by atoms with van der Waals surface area (Å²) in [5.74, 6) is 0.371. The minimum Gasteiger partial charge on any atom is -0.387 e. The van der Waals surface area contributed by atoms with E-state index >= 15 is 0 Å². The SMILES string of the molecule is CC(O)c1nn(-c2ncc(-c3cc(C4CC4)ccc3F)cn2)c2cc(C(=O)N3CCOCC3)ccc12. The number of amides is 1. The predicted octanol–water partition coefficient (Wildman–Crippen LogP) is 4.02. The van der Waals surface area contributed by atoms with Gasteiger partial charge in [0.1, 0.15) is 5.82 Å². The maximum Gasteiger partial charge on any atom is 0.254 e. The van der Waals surface area contributed by atoms with Crippen molar-refractivity contribution in [2.45, 2.75) is 31.8 Å². The third-order valence-electron chi connectivity index (χ3n) is 6.83. The van der Waals surface area contributed by atoms with Crippen molar-refractivity contribution >= 4 is 16.8 Å².